The Hall–Kier alpha value is -0.900. The van der Waals surface area contributed by atoms with Gasteiger partial charge in [-0.25, -0.2) is 4.39 Å². The normalized spacial score (nSPS) is 12.4. The van der Waals surface area contributed by atoms with Crippen molar-refractivity contribution in [2.24, 2.45) is 0 Å². The van der Waals surface area contributed by atoms with Crippen molar-refractivity contribution in [1.29, 1.82) is 0 Å². The van der Waals surface area contributed by atoms with Gasteiger partial charge in [-0.15, -0.1) is 0 Å². The number of hydrogen-bond acceptors (Lipinski definition) is 1. The molecule has 1 nitrogen and oxygen atoms in total. The highest BCUT2D eigenvalue weighted by Gasteiger charge is 2.19. The van der Waals surface area contributed by atoms with Crippen LogP contribution in [0.25, 0.3) is 0 Å². The summed E-state index contributed by atoms with van der Waals surface area (Å²) in [6.45, 7) is 4.70. The molecule has 2 aromatic rings. The van der Waals surface area contributed by atoms with Crippen LogP contribution in [0.1, 0.15) is 29.7 Å². The van der Waals surface area contributed by atoms with Gasteiger partial charge in [0.1, 0.15) is 5.82 Å². The first-order valence-electron chi connectivity index (χ1n) is 6.48. The topological polar surface area (TPSA) is 12.0 Å². The van der Waals surface area contributed by atoms with Gasteiger partial charge in [-0.3, -0.25) is 0 Å². The second kappa shape index (κ2) is 6.70. The van der Waals surface area contributed by atoms with Crippen molar-refractivity contribution in [3.8, 4) is 0 Å². The molecule has 1 atom stereocenters. The van der Waals surface area contributed by atoms with E-state index in [4.69, 9.17) is 11.6 Å². The Bertz CT molecular complexity index is 613. The van der Waals surface area contributed by atoms with Gasteiger partial charge in [0.2, 0.25) is 0 Å². The van der Waals surface area contributed by atoms with Crippen molar-refractivity contribution in [1.82, 2.24) is 5.32 Å². The van der Waals surface area contributed by atoms with Gasteiger partial charge in [0.15, 0.2) is 0 Å². The minimum absolute atomic E-state index is 0.212. The largest absolute Gasteiger partial charge is 0.306 e. The molecule has 0 saturated carbocycles. The summed E-state index contributed by atoms with van der Waals surface area (Å²) < 4.78 is 15.0. The van der Waals surface area contributed by atoms with E-state index in [2.05, 4.69) is 21.2 Å². The molecule has 1 unspecified atom stereocenters. The summed E-state index contributed by atoms with van der Waals surface area (Å²) in [7, 11) is 0. The van der Waals surface area contributed by atoms with E-state index >= 15 is 0 Å². The average Bonchev–Trinajstić information content (AvgIpc) is 2.43. The zero-order valence-electron chi connectivity index (χ0n) is 11.4. The Morgan fingerprint density at radius 3 is 2.70 bits per heavy atom. The van der Waals surface area contributed by atoms with Crippen molar-refractivity contribution in [3.63, 3.8) is 0 Å². The molecular weight excluding hydrogens is 341 g/mol. The number of hydrogen-bond donors (Lipinski definition) is 1. The molecule has 0 aliphatic heterocycles. The predicted octanol–water partition coefficient (Wildman–Crippen LogP) is 5.25. The van der Waals surface area contributed by atoms with Crippen LogP contribution in [0.4, 0.5) is 4.39 Å². The molecule has 2 rings (SSSR count). The van der Waals surface area contributed by atoms with E-state index in [0.717, 1.165) is 22.1 Å². The minimum Gasteiger partial charge on any atom is -0.306 e. The maximum absolute atomic E-state index is 14.2. The van der Waals surface area contributed by atoms with Gasteiger partial charge in [-0.1, -0.05) is 46.6 Å². The Morgan fingerprint density at radius 1 is 1.25 bits per heavy atom. The summed E-state index contributed by atoms with van der Waals surface area (Å²) in [5, 5.41) is 4.03. The molecule has 0 aromatic heterocycles. The van der Waals surface area contributed by atoms with Crippen LogP contribution in [0.2, 0.25) is 5.02 Å². The maximum atomic E-state index is 14.2. The standard InChI is InChI=1S/C16H16BrClFN/c1-3-20-16(12-5-4-6-14(18)10(12)2)13-9-11(17)7-8-15(13)19/h4-9,16,20H,3H2,1-2H3. The molecule has 0 spiro atoms. The SMILES string of the molecule is CCNC(c1cc(Br)ccc1F)c1cccc(Cl)c1C. The average molecular weight is 357 g/mol. The van der Waals surface area contributed by atoms with Crippen LogP contribution in [-0.2, 0) is 0 Å². The molecule has 2 aromatic carbocycles. The second-order valence-electron chi connectivity index (χ2n) is 4.61. The third-order valence-corrected chi connectivity index (χ3v) is 4.20. The Labute approximate surface area is 132 Å². The van der Waals surface area contributed by atoms with E-state index in [1.807, 2.05) is 38.1 Å². The summed E-state index contributed by atoms with van der Waals surface area (Å²) in [5.74, 6) is -0.224. The van der Waals surface area contributed by atoms with E-state index in [1.165, 1.54) is 6.07 Å². The smallest absolute Gasteiger partial charge is 0.128 e. The lowest BCUT2D eigenvalue weighted by molar-refractivity contribution is 0.557. The van der Waals surface area contributed by atoms with Crippen molar-refractivity contribution in [2.45, 2.75) is 19.9 Å². The summed E-state index contributed by atoms with van der Waals surface area (Å²) in [6.07, 6.45) is 0. The highest BCUT2D eigenvalue weighted by molar-refractivity contribution is 9.10. The molecule has 20 heavy (non-hydrogen) atoms. The molecule has 1 N–H and O–H groups in total. The number of rotatable bonds is 4. The number of benzene rings is 2. The molecule has 0 aliphatic carbocycles. The zero-order chi connectivity index (χ0) is 14.7. The van der Waals surface area contributed by atoms with Crippen molar-refractivity contribution < 1.29 is 4.39 Å². The molecule has 0 bridgehead atoms. The third-order valence-electron chi connectivity index (χ3n) is 3.30. The van der Waals surface area contributed by atoms with E-state index in [9.17, 15) is 4.39 Å². The predicted molar refractivity (Wildman–Crippen MR) is 85.8 cm³/mol. The van der Waals surface area contributed by atoms with Crippen molar-refractivity contribution >= 4 is 27.5 Å². The second-order valence-corrected chi connectivity index (χ2v) is 5.93. The van der Waals surface area contributed by atoms with Crippen LogP contribution in [0.15, 0.2) is 40.9 Å². The maximum Gasteiger partial charge on any atom is 0.128 e. The monoisotopic (exact) mass is 355 g/mol. The first-order chi connectivity index (χ1) is 9.54. The summed E-state index contributed by atoms with van der Waals surface area (Å²) in [6, 6.07) is 10.5. The summed E-state index contributed by atoms with van der Waals surface area (Å²) in [4.78, 5) is 0. The Kier molecular flexibility index (Phi) is 5.19. The van der Waals surface area contributed by atoms with E-state index < -0.39 is 0 Å². The van der Waals surface area contributed by atoms with Gasteiger partial charge in [-0.05, 0) is 48.9 Å². The Balaban J connectivity index is 2.56. The fraction of sp³-hybridized carbons (Fsp3) is 0.250. The first-order valence-corrected chi connectivity index (χ1v) is 7.65. The van der Waals surface area contributed by atoms with Crippen LogP contribution in [0, 0.1) is 12.7 Å². The van der Waals surface area contributed by atoms with Crippen LogP contribution < -0.4 is 5.32 Å². The molecule has 106 valence electrons. The summed E-state index contributed by atoms with van der Waals surface area (Å²) in [5.41, 5.74) is 2.59. The van der Waals surface area contributed by atoms with E-state index in [-0.39, 0.29) is 11.9 Å². The van der Waals surface area contributed by atoms with Gasteiger partial charge in [0, 0.05) is 15.1 Å². The molecular formula is C16H16BrClFN. The molecule has 0 amide bonds. The zero-order valence-corrected chi connectivity index (χ0v) is 13.7. The highest BCUT2D eigenvalue weighted by atomic mass is 79.9. The van der Waals surface area contributed by atoms with Crippen LogP contribution in [-0.4, -0.2) is 6.54 Å². The third kappa shape index (κ3) is 3.22. The van der Waals surface area contributed by atoms with Gasteiger partial charge in [-0.2, -0.15) is 0 Å². The van der Waals surface area contributed by atoms with Crippen LogP contribution in [0.5, 0.6) is 0 Å². The first kappa shape index (κ1) is 15.5. The number of nitrogens with one attached hydrogen (secondary N) is 1. The molecule has 0 saturated heterocycles. The van der Waals surface area contributed by atoms with Gasteiger partial charge < -0.3 is 5.32 Å². The molecule has 0 heterocycles. The fourth-order valence-corrected chi connectivity index (χ4v) is 2.82. The van der Waals surface area contributed by atoms with Crippen molar-refractivity contribution in [3.05, 3.63) is 68.4 Å². The molecule has 0 fully saturated rings. The lowest BCUT2D eigenvalue weighted by Gasteiger charge is -2.22. The lowest BCUT2D eigenvalue weighted by Crippen LogP contribution is -2.23. The van der Waals surface area contributed by atoms with Gasteiger partial charge >= 0.3 is 0 Å². The lowest BCUT2D eigenvalue weighted by atomic mass is 9.94. The molecule has 0 aliphatic rings. The number of halogens is 3. The fourth-order valence-electron chi connectivity index (χ4n) is 2.26. The molecule has 4 heteroatoms. The highest BCUT2D eigenvalue weighted by Crippen LogP contribution is 2.31. The van der Waals surface area contributed by atoms with E-state index in [0.29, 0.717) is 10.6 Å². The quantitative estimate of drug-likeness (QED) is 0.789. The van der Waals surface area contributed by atoms with E-state index in [1.54, 1.807) is 6.07 Å². The molecule has 0 radical (unpaired) electrons. The minimum atomic E-state index is -0.224. The van der Waals surface area contributed by atoms with Crippen LogP contribution in [0.3, 0.4) is 0 Å². The van der Waals surface area contributed by atoms with Gasteiger partial charge in [0.25, 0.3) is 0 Å². The van der Waals surface area contributed by atoms with Crippen LogP contribution >= 0.6 is 27.5 Å². The Morgan fingerprint density at radius 2 is 2.00 bits per heavy atom. The van der Waals surface area contributed by atoms with Crippen molar-refractivity contribution in [2.75, 3.05) is 6.54 Å². The van der Waals surface area contributed by atoms with Gasteiger partial charge in [0.05, 0.1) is 6.04 Å². The summed E-state index contributed by atoms with van der Waals surface area (Å²) >= 11 is 9.59.